The Kier molecular flexibility index (Phi) is 2.66. The van der Waals surface area contributed by atoms with Crippen LogP contribution in [0.25, 0.3) is 11.0 Å². The van der Waals surface area contributed by atoms with E-state index in [0.29, 0.717) is 0 Å². The van der Waals surface area contributed by atoms with E-state index in [4.69, 9.17) is 0 Å². The van der Waals surface area contributed by atoms with Crippen LogP contribution in [0.1, 0.15) is 0 Å². The second-order valence-corrected chi connectivity index (χ2v) is 6.47. The van der Waals surface area contributed by atoms with E-state index in [-0.39, 0.29) is 0 Å². The van der Waals surface area contributed by atoms with Crippen LogP contribution >= 0.6 is 39.0 Å². The van der Waals surface area contributed by atoms with Crippen LogP contribution in [0.5, 0.6) is 0 Å². The monoisotopic (exact) mass is 312 g/mol. The quantitative estimate of drug-likeness (QED) is 0.788. The smallest absolute Gasteiger partial charge is 0.184 e. The lowest BCUT2D eigenvalue weighted by Gasteiger charge is -1.87. The van der Waals surface area contributed by atoms with E-state index in [2.05, 4.69) is 36.1 Å². The molecule has 3 aromatic rings. The molecule has 0 amide bonds. The Morgan fingerprint density at radius 3 is 2.88 bits per heavy atom. The van der Waals surface area contributed by atoms with E-state index < -0.39 is 0 Å². The van der Waals surface area contributed by atoms with Gasteiger partial charge in [0.2, 0.25) is 0 Å². The zero-order valence-corrected chi connectivity index (χ0v) is 11.1. The van der Waals surface area contributed by atoms with Gasteiger partial charge in [-0.1, -0.05) is 23.5 Å². The first kappa shape index (κ1) is 10.2. The van der Waals surface area contributed by atoms with E-state index in [9.17, 15) is 0 Å². The van der Waals surface area contributed by atoms with Gasteiger partial charge in [0.25, 0.3) is 0 Å². The van der Waals surface area contributed by atoms with Crippen LogP contribution in [-0.4, -0.2) is 20.2 Å². The molecule has 0 spiro atoms. The summed E-state index contributed by atoms with van der Waals surface area (Å²) in [5.41, 5.74) is 2.00. The fourth-order valence-electron chi connectivity index (χ4n) is 1.29. The Morgan fingerprint density at radius 1 is 1.25 bits per heavy atom. The fraction of sp³-hybridized carbons (Fsp3) is 0. The molecular formula is C9H5BrN4S2. The van der Waals surface area contributed by atoms with E-state index in [1.165, 1.54) is 23.1 Å². The molecule has 0 atom stereocenters. The summed E-state index contributed by atoms with van der Waals surface area (Å²) in [6.45, 7) is 0. The van der Waals surface area contributed by atoms with Gasteiger partial charge in [-0.2, -0.15) is 0 Å². The van der Waals surface area contributed by atoms with Gasteiger partial charge < -0.3 is 4.98 Å². The van der Waals surface area contributed by atoms with Crippen molar-refractivity contribution in [3.05, 3.63) is 28.2 Å². The average Bonchev–Trinajstić information content (AvgIpc) is 2.84. The van der Waals surface area contributed by atoms with Crippen molar-refractivity contribution in [2.75, 3.05) is 0 Å². The molecule has 2 aromatic heterocycles. The van der Waals surface area contributed by atoms with Crippen molar-refractivity contribution >= 4 is 50.1 Å². The molecule has 7 heteroatoms. The fourth-order valence-corrected chi connectivity index (χ4v) is 3.66. The van der Waals surface area contributed by atoms with Gasteiger partial charge in [-0.05, 0) is 39.8 Å². The Morgan fingerprint density at radius 2 is 2.12 bits per heavy atom. The number of hydrogen-bond acceptors (Lipinski definition) is 5. The molecule has 0 fully saturated rings. The van der Waals surface area contributed by atoms with Crippen LogP contribution in [0.15, 0.2) is 37.7 Å². The highest BCUT2D eigenvalue weighted by molar-refractivity contribution is 9.11. The highest BCUT2D eigenvalue weighted by atomic mass is 79.9. The molecular weight excluding hydrogens is 308 g/mol. The van der Waals surface area contributed by atoms with Gasteiger partial charge in [-0.15, -0.1) is 10.2 Å². The number of halogens is 1. The van der Waals surface area contributed by atoms with Crippen molar-refractivity contribution in [3.63, 3.8) is 0 Å². The molecule has 0 saturated heterocycles. The summed E-state index contributed by atoms with van der Waals surface area (Å²) >= 11 is 6.25. The van der Waals surface area contributed by atoms with E-state index >= 15 is 0 Å². The largest absolute Gasteiger partial charge is 0.333 e. The summed E-state index contributed by atoms with van der Waals surface area (Å²) < 4.78 is 1.65. The van der Waals surface area contributed by atoms with Crippen molar-refractivity contribution in [1.29, 1.82) is 0 Å². The maximum Gasteiger partial charge on any atom is 0.184 e. The van der Waals surface area contributed by atoms with Crippen molar-refractivity contribution in [3.8, 4) is 0 Å². The zero-order valence-electron chi connectivity index (χ0n) is 7.85. The van der Waals surface area contributed by atoms with Gasteiger partial charge in [0, 0.05) is 0 Å². The van der Waals surface area contributed by atoms with Gasteiger partial charge in [0.05, 0.1) is 11.0 Å². The van der Waals surface area contributed by atoms with Gasteiger partial charge in [-0.25, -0.2) is 4.98 Å². The zero-order chi connectivity index (χ0) is 11.0. The maximum absolute atomic E-state index is 4.45. The van der Waals surface area contributed by atoms with Crippen molar-refractivity contribution < 1.29 is 0 Å². The van der Waals surface area contributed by atoms with Crippen LogP contribution in [0.2, 0.25) is 0 Å². The third-order valence-corrected chi connectivity index (χ3v) is 4.23. The minimum Gasteiger partial charge on any atom is -0.333 e. The first-order chi connectivity index (χ1) is 7.81. The molecule has 80 valence electrons. The second-order valence-electron chi connectivity index (χ2n) is 2.98. The number of hydrogen-bond donors (Lipinski definition) is 1. The number of nitrogens with zero attached hydrogens (tertiary/aromatic N) is 3. The van der Waals surface area contributed by atoms with Crippen LogP contribution in [0.3, 0.4) is 0 Å². The first-order valence-corrected chi connectivity index (χ1v) is 6.85. The van der Waals surface area contributed by atoms with Crippen molar-refractivity contribution in [2.45, 2.75) is 9.50 Å². The Balaban J connectivity index is 1.95. The Hall–Kier alpha value is -0.920. The number of aromatic amines is 1. The molecule has 3 rings (SSSR count). The highest BCUT2D eigenvalue weighted by Crippen LogP contribution is 2.30. The number of H-pyrrole nitrogens is 1. The summed E-state index contributed by atoms with van der Waals surface area (Å²) in [4.78, 5) is 7.68. The molecule has 0 bridgehead atoms. The molecule has 0 saturated carbocycles. The molecule has 0 aliphatic carbocycles. The number of nitrogens with one attached hydrogen (secondary N) is 1. The predicted molar refractivity (Wildman–Crippen MR) is 67.8 cm³/mol. The summed E-state index contributed by atoms with van der Waals surface area (Å²) in [5.74, 6) is 0. The number of para-hydroxylation sites is 2. The van der Waals surface area contributed by atoms with Crippen LogP contribution < -0.4 is 0 Å². The SMILES string of the molecule is Brc1nnc(Sc2nc3ccccc3[nH]2)s1. The predicted octanol–water partition coefficient (Wildman–Crippen LogP) is 3.33. The maximum atomic E-state index is 4.45. The van der Waals surface area contributed by atoms with E-state index in [0.717, 1.165) is 24.4 Å². The second kappa shape index (κ2) is 4.15. The molecule has 0 aliphatic rings. The molecule has 1 aromatic carbocycles. The molecule has 4 nitrogen and oxygen atoms in total. The Bertz CT molecular complexity index is 600. The van der Waals surface area contributed by atoms with Crippen LogP contribution in [0, 0.1) is 0 Å². The minimum atomic E-state index is 0.783. The molecule has 2 heterocycles. The lowest BCUT2D eigenvalue weighted by Crippen LogP contribution is -1.74. The molecule has 0 radical (unpaired) electrons. The summed E-state index contributed by atoms with van der Waals surface area (Å²) in [6.07, 6.45) is 0. The number of imidazole rings is 1. The first-order valence-electron chi connectivity index (χ1n) is 4.43. The summed E-state index contributed by atoms with van der Waals surface area (Å²) in [7, 11) is 0. The molecule has 0 unspecified atom stereocenters. The molecule has 1 N–H and O–H groups in total. The molecule has 0 aliphatic heterocycles. The third-order valence-electron chi connectivity index (χ3n) is 1.93. The number of rotatable bonds is 2. The van der Waals surface area contributed by atoms with Crippen LogP contribution in [0.4, 0.5) is 0 Å². The topological polar surface area (TPSA) is 54.5 Å². The standard InChI is InChI=1S/C9H5BrN4S2/c10-7-13-14-9(15-7)16-8-11-5-3-1-2-4-6(5)12-8/h1-4H,(H,11,12). The van der Waals surface area contributed by atoms with Crippen molar-refractivity contribution in [1.82, 2.24) is 20.2 Å². The lowest BCUT2D eigenvalue weighted by atomic mass is 10.3. The number of aromatic nitrogens is 4. The van der Waals surface area contributed by atoms with Crippen LogP contribution in [-0.2, 0) is 0 Å². The van der Waals surface area contributed by atoms with Gasteiger partial charge in [-0.3, -0.25) is 0 Å². The normalized spacial score (nSPS) is 11.1. The van der Waals surface area contributed by atoms with Gasteiger partial charge >= 0.3 is 0 Å². The minimum absolute atomic E-state index is 0.783. The van der Waals surface area contributed by atoms with E-state index in [1.54, 1.807) is 0 Å². The summed E-state index contributed by atoms with van der Waals surface area (Å²) in [6, 6.07) is 7.93. The Labute approximate surface area is 108 Å². The number of fused-ring (bicyclic) bond motifs is 1. The summed E-state index contributed by atoms with van der Waals surface area (Å²) in [5, 5.41) is 8.73. The van der Waals surface area contributed by atoms with Crippen molar-refractivity contribution in [2.24, 2.45) is 0 Å². The number of benzene rings is 1. The van der Waals surface area contributed by atoms with E-state index in [1.807, 2.05) is 24.3 Å². The van der Waals surface area contributed by atoms with Gasteiger partial charge in [0.15, 0.2) is 13.4 Å². The third kappa shape index (κ3) is 1.98. The average molecular weight is 313 g/mol. The lowest BCUT2D eigenvalue weighted by molar-refractivity contribution is 0.988. The molecule has 16 heavy (non-hydrogen) atoms. The van der Waals surface area contributed by atoms with Gasteiger partial charge in [0.1, 0.15) is 0 Å². The highest BCUT2D eigenvalue weighted by Gasteiger charge is 2.07.